The minimum Gasteiger partial charge on any atom is -0.442 e. The predicted molar refractivity (Wildman–Crippen MR) is 101 cm³/mol. The molecule has 0 spiro atoms. The van der Waals surface area contributed by atoms with Crippen LogP contribution in [0.1, 0.15) is 24.2 Å². The summed E-state index contributed by atoms with van der Waals surface area (Å²) in [4.78, 5) is 31.4. The number of carbonyl (C=O) groups excluding carboxylic acids is 2. The fourth-order valence-electron chi connectivity index (χ4n) is 2.92. The summed E-state index contributed by atoms with van der Waals surface area (Å²) in [6.45, 7) is 4.46. The predicted octanol–water partition coefficient (Wildman–Crippen LogP) is 2.42. The summed E-state index contributed by atoms with van der Waals surface area (Å²) >= 11 is 1.60. The van der Waals surface area contributed by atoms with Crippen LogP contribution in [0.3, 0.4) is 0 Å². The SMILES string of the molecule is CC(C)NC(=O)OC1CN(C(=O)c2cnn3c(-c4cccs4)ccnc23)C1. The van der Waals surface area contributed by atoms with Gasteiger partial charge < -0.3 is 15.0 Å². The summed E-state index contributed by atoms with van der Waals surface area (Å²) in [5, 5.41) is 9.02. The van der Waals surface area contributed by atoms with Crippen LogP contribution in [-0.2, 0) is 4.74 Å². The number of nitrogens with zero attached hydrogens (tertiary/aromatic N) is 4. The van der Waals surface area contributed by atoms with Crippen molar-refractivity contribution in [2.75, 3.05) is 13.1 Å². The first-order valence-electron chi connectivity index (χ1n) is 8.66. The van der Waals surface area contributed by atoms with Gasteiger partial charge >= 0.3 is 6.09 Å². The second-order valence-corrected chi connectivity index (χ2v) is 7.59. The summed E-state index contributed by atoms with van der Waals surface area (Å²) in [5.41, 5.74) is 1.86. The third kappa shape index (κ3) is 3.37. The number of thiophene rings is 1. The highest BCUT2D eigenvalue weighted by Gasteiger charge is 2.35. The van der Waals surface area contributed by atoms with E-state index in [-0.39, 0.29) is 18.1 Å². The molecule has 4 heterocycles. The molecule has 27 heavy (non-hydrogen) atoms. The van der Waals surface area contributed by atoms with Crippen LogP contribution in [-0.4, -0.2) is 56.7 Å². The van der Waals surface area contributed by atoms with Crippen molar-refractivity contribution in [3.05, 3.63) is 41.5 Å². The highest BCUT2D eigenvalue weighted by atomic mass is 32.1. The topological polar surface area (TPSA) is 88.8 Å². The van der Waals surface area contributed by atoms with Gasteiger partial charge in [0.2, 0.25) is 0 Å². The van der Waals surface area contributed by atoms with Crippen LogP contribution in [0.4, 0.5) is 4.79 Å². The van der Waals surface area contributed by atoms with Crippen molar-refractivity contribution in [1.82, 2.24) is 24.8 Å². The van der Waals surface area contributed by atoms with E-state index in [1.54, 1.807) is 33.1 Å². The summed E-state index contributed by atoms with van der Waals surface area (Å²) in [7, 11) is 0. The van der Waals surface area contributed by atoms with E-state index in [2.05, 4.69) is 15.4 Å². The maximum Gasteiger partial charge on any atom is 0.407 e. The first-order valence-corrected chi connectivity index (χ1v) is 9.54. The average molecular weight is 385 g/mol. The molecule has 1 fully saturated rings. The summed E-state index contributed by atoms with van der Waals surface area (Å²) < 4.78 is 6.95. The molecular formula is C18H19N5O3S. The lowest BCUT2D eigenvalue weighted by molar-refractivity contribution is -0.00692. The molecular weight excluding hydrogens is 366 g/mol. The molecule has 1 aliphatic rings. The van der Waals surface area contributed by atoms with Gasteiger partial charge in [0.05, 0.1) is 29.9 Å². The molecule has 0 saturated carbocycles. The van der Waals surface area contributed by atoms with Crippen LogP contribution in [0.15, 0.2) is 36.0 Å². The molecule has 1 aliphatic heterocycles. The van der Waals surface area contributed by atoms with E-state index in [9.17, 15) is 9.59 Å². The number of hydrogen-bond acceptors (Lipinski definition) is 6. The Bertz CT molecular complexity index is 976. The van der Waals surface area contributed by atoms with Crippen LogP contribution in [0.25, 0.3) is 16.2 Å². The lowest BCUT2D eigenvalue weighted by atomic mass is 10.1. The Labute approximate surface area is 159 Å². The molecule has 140 valence electrons. The zero-order valence-corrected chi connectivity index (χ0v) is 15.8. The van der Waals surface area contributed by atoms with Crippen molar-refractivity contribution in [2.24, 2.45) is 0 Å². The molecule has 3 aromatic heterocycles. The lowest BCUT2D eigenvalue weighted by Crippen LogP contribution is -2.56. The number of carbonyl (C=O) groups is 2. The quantitative estimate of drug-likeness (QED) is 0.745. The molecule has 2 amide bonds. The van der Waals surface area contributed by atoms with Gasteiger partial charge in [-0.15, -0.1) is 11.3 Å². The third-order valence-electron chi connectivity index (χ3n) is 4.22. The summed E-state index contributed by atoms with van der Waals surface area (Å²) in [6.07, 6.45) is 2.48. The number of amides is 2. The number of aromatic nitrogens is 3. The summed E-state index contributed by atoms with van der Waals surface area (Å²) in [6, 6.07) is 5.86. The monoisotopic (exact) mass is 385 g/mol. The van der Waals surface area contributed by atoms with Crippen molar-refractivity contribution in [2.45, 2.75) is 26.0 Å². The van der Waals surface area contributed by atoms with E-state index in [4.69, 9.17) is 4.74 Å². The Morgan fingerprint density at radius 3 is 2.85 bits per heavy atom. The van der Waals surface area contributed by atoms with Gasteiger partial charge in [0.15, 0.2) is 5.65 Å². The number of nitrogens with one attached hydrogen (secondary N) is 1. The zero-order valence-electron chi connectivity index (χ0n) is 15.0. The molecule has 4 rings (SSSR count). The minimum atomic E-state index is -0.458. The van der Waals surface area contributed by atoms with Crippen LogP contribution in [0.2, 0.25) is 0 Å². The number of hydrogen-bond donors (Lipinski definition) is 1. The van der Waals surface area contributed by atoms with Crippen LogP contribution >= 0.6 is 11.3 Å². The first kappa shape index (κ1) is 17.5. The Balaban J connectivity index is 1.47. The molecule has 0 atom stereocenters. The van der Waals surface area contributed by atoms with Gasteiger partial charge in [0.25, 0.3) is 5.91 Å². The standard InChI is InChI=1S/C18H19N5O3S/c1-11(2)21-18(25)26-12-9-22(10-12)17(24)13-8-20-23-14(5-6-19-16(13)23)15-4-3-7-27-15/h3-8,11-12H,9-10H2,1-2H3,(H,21,25). The molecule has 9 heteroatoms. The molecule has 0 aromatic carbocycles. The Morgan fingerprint density at radius 1 is 1.33 bits per heavy atom. The normalized spacial score (nSPS) is 14.4. The van der Waals surface area contributed by atoms with Crippen molar-refractivity contribution in [3.8, 4) is 10.6 Å². The van der Waals surface area contributed by atoms with E-state index in [0.29, 0.717) is 24.3 Å². The van der Waals surface area contributed by atoms with Gasteiger partial charge in [-0.1, -0.05) is 6.07 Å². The highest BCUT2D eigenvalue weighted by molar-refractivity contribution is 7.13. The van der Waals surface area contributed by atoms with Crippen LogP contribution in [0, 0.1) is 0 Å². The van der Waals surface area contributed by atoms with Crippen molar-refractivity contribution < 1.29 is 14.3 Å². The van der Waals surface area contributed by atoms with E-state index >= 15 is 0 Å². The van der Waals surface area contributed by atoms with Gasteiger partial charge in [0.1, 0.15) is 11.7 Å². The first-order chi connectivity index (χ1) is 13.0. The Kier molecular flexibility index (Phi) is 4.53. The number of rotatable bonds is 4. The molecule has 0 aliphatic carbocycles. The smallest absolute Gasteiger partial charge is 0.407 e. The zero-order chi connectivity index (χ0) is 19.0. The second kappa shape index (κ2) is 6.99. The van der Waals surface area contributed by atoms with Gasteiger partial charge in [0, 0.05) is 12.2 Å². The molecule has 0 radical (unpaired) electrons. The van der Waals surface area contributed by atoms with E-state index < -0.39 is 6.09 Å². The van der Waals surface area contributed by atoms with Gasteiger partial charge in [-0.3, -0.25) is 4.79 Å². The van der Waals surface area contributed by atoms with Crippen LogP contribution in [0.5, 0.6) is 0 Å². The highest BCUT2D eigenvalue weighted by Crippen LogP contribution is 2.26. The van der Waals surface area contributed by atoms with E-state index in [1.807, 2.05) is 37.4 Å². The lowest BCUT2D eigenvalue weighted by Gasteiger charge is -2.38. The van der Waals surface area contributed by atoms with Crippen molar-refractivity contribution in [3.63, 3.8) is 0 Å². The average Bonchev–Trinajstić information content (AvgIpc) is 3.25. The van der Waals surface area contributed by atoms with E-state index in [1.165, 1.54) is 0 Å². The third-order valence-corrected chi connectivity index (χ3v) is 5.11. The maximum absolute atomic E-state index is 12.8. The Morgan fingerprint density at radius 2 is 2.15 bits per heavy atom. The molecule has 8 nitrogen and oxygen atoms in total. The fraction of sp³-hybridized carbons (Fsp3) is 0.333. The van der Waals surface area contributed by atoms with Crippen molar-refractivity contribution in [1.29, 1.82) is 0 Å². The minimum absolute atomic E-state index is 0.0118. The fourth-order valence-corrected chi connectivity index (χ4v) is 3.66. The molecule has 0 unspecified atom stereocenters. The second-order valence-electron chi connectivity index (χ2n) is 6.64. The number of likely N-dealkylation sites (tertiary alicyclic amines) is 1. The van der Waals surface area contributed by atoms with Crippen molar-refractivity contribution >= 4 is 29.0 Å². The van der Waals surface area contributed by atoms with Crippen LogP contribution < -0.4 is 5.32 Å². The van der Waals surface area contributed by atoms with Gasteiger partial charge in [-0.2, -0.15) is 5.10 Å². The summed E-state index contributed by atoms with van der Waals surface area (Å²) in [5.74, 6) is -0.162. The van der Waals surface area contributed by atoms with E-state index in [0.717, 1.165) is 10.6 Å². The largest absolute Gasteiger partial charge is 0.442 e. The maximum atomic E-state index is 12.8. The molecule has 0 bridgehead atoms. The van der Waals surface area contributed by atoms with Gasteiger partial charge in [-0.05, 0) is 31.4 Å². The number of fused-ring (bicyclic) bond motifs is 1. The number of alkyl carbamates (subject to hydrolysis) is 1. The number of ether oxygens (including phenoxy) is 1. The Hall–Kier alpha value is -2.94. The van der Waals surface area contributed by atoms with Gasteiger partial charge in [-0.25, -0.2) is 14.3 Å². The molecule has 3 aromatic rings. The molecule has 1 saturated heterocycles. The molecule has 1 N–H and O–H groups in total.